The van der Waals surface area contributed by atoms with Gasteiger partial charge >= 0.3 is 0 Å². The molecule has 0 N–H and O–H groups in total. The zero-order chi connectivity index (χ0) is 9.97. The van der Waals surface area contributed by atoms with Gasteiger partial charge in [0.25, 0.3) is 0 Å². The minimum absolute atomic E-state index is 0.621. The van der Waals surface area contributed by atoms with Crippen LogP contribution in [-0.4, -0.2) is 16.1 Å². The summed E-state index contributed by atoms with van der Waals surface area (Å²) in [7, 11) is 0. The van der Waals surface area contributed by atoms with Crippen LogP contribution in [0.4, 0.5) is 0 Å². The molecule has 3 nitrogen and oxygen atoms in total. The zero-order valence-electron chi connectivity index (χ0n) is 7.18. The first-order valence-electron chi connectivity index (χ1n) is 3.98. The van der Waals surface area contributed by atoms with Gasteiger partial charge in [-0.25, -0.2) is 0 Å². The van der Waals surface area contributed by atoms with E-state index in [0.717, 1.165) is 16.7 Å². The third-order valence-corrected chi connectivity index (χ3v) is 2.84. The lowest BCUT2D eigenvalue weighted by Crippen LogP contribution is -1.97. The molecule has 0 aliphatic carbocycles. The molecule has 0 atom stereocenters. The molecule has 14 heavy (non-hydrogen) atoms. The molecule has 0 saturated heterocycles. The van der Waals surface area contributed by atoms with Crippen LogP contribution < -0.4 is 0 Å². The number of aldehydes is 1. The van der Waals surface area contributed by atoms with Gasteiger partial charge in [0.2, 0.25) is 0 Å². The van der Waals surface area contributed by atoms with Crippen LogP contribution in [0.3, 0.4) is 0 Å². The van der Waals surface area contributed by atoms with Crippen LogP contribution in [0.5, 0.6) is 0 Å². The Bertz CT molecular complexity index is 449. The van der Waals surface area contributed by atoms with E-state index in [9.17, 15) is 4.79 Å². The highest BCUT2D eigenvalue weighted by Gasteiger charge is 2.01. The summed E-state index contributed by atoms with van der Waals surface area (Å²) in [5, 5.41) is 6.61. The maximum absolute atomic E-state index is 10.4. The number of hydrogen-bond acceptors (Lipinski definition) is 3. The highest BCUT2D eigenvalue weighted by Crippen LogP contribution is 2.14. The Morgan fingerprint density at radius 1 is 1.64 bits per heavy atom. The van der Waals surface area contributed by atoms with Crippen molar-refractivity contribution >= 4 is 29.2 Å². The van der Waals surface area contributed by atoms with Crippen molar-refractivity contribution in [2.45, 2.75) is 6.54 Å². The lowest BCUT2D eigenvalue weighted by atomic mass is 10.3. The van der Waals surface area contributed by atoms with E-state index in [1.807, 2.05) is 11.4 Å². The van der Waals surface area contributed by atoms with Gasteiger partial charge in [-0.3, -0.25) is 9.48 Å². The molecule has 0 aliphatic rings. The Labute approximate surface area is 89.9 Å². The van der Waals surface area contributed by atoms with Gasteiger partial charge in [0.05, 0.1) is 22.6 Å². The molecule has 5 heteroatoms. The number of aromatic nitrogens is 2. The van der Waals surface area contributed by atoms with Crippen molar-refractivity contribution in [2.24, 2.45) is 0 Å². The predicted octanol–water partition coefficient (Wildman–Crippen LogP) is 2.46. The lowest BCUT2D eigenvalue weighted by Gasteiger charge is -1.96. The van der Waals surface area contributed by atoms with Gasteiger partial charge < -0.3 is 0 Å². The summed E-state index contributed by atoms with van der Waals surface area (Å²) in [6, 6.07) is 1.85. The number of hydrogen-bond donors (Lipinski definition) is 0. The largest absolute Gasteiger partial charge is 0.297 e. The molecule has 0 unspecified atom stereocenters. The first-order chi connectivity index (χ1) is 6.78. The molecule has 2 aromatic rings. The highest BCUT2D eigenvalue weighted by atomic mass is 35.5. The van der Waals surface area contributed by atoms with Crippen molar-refractivity contribution in [1.82, 2.24) is 9.78 Å². The van der Waals surface area contributed by atoms with Gasteiger partial charge in [0.1, 0.15) is 0 Å². The van der Waals surface area contributed by atoms with Crippen LogP contribution in [0.1, 0.15) is 15.2 Å². The second kappa shape index (κ2) is 3.94. The maximum atomic E-state index is 10.4. The Kier molecular flexibility index (Phi) is 2.65. The van der Waals surface area contributed by atoms with E-state index >= 15 is 0 Å². The monoisotopic (exact) mass is 226 g/mol. The van der Waals surface area contributed by atoms with Gasteiger partial charge in [-0.05, 0) is 17.0 Å². The summed E-state index contributed by atoms with van der Waals surface area (Å²) in [4.78, 5) is 11.2. The van der Waals surface area contributed by atoms with E-state index in [1.165, 1.54) is 11.3 Å². The van der Waals surface area contributed by atoms with Crippen LogP contribution >= 0.6 is 22.9 Å². The SMILES string of the molecule is O=Cc1cc(Cn2cc(Cl)cn2)cs1. The predicted molar refractivity (Wildman–Crippen MR) is 56.0 cm³/mol. The standard InChI is InChI=1S/C9H7ClN2OS/c10-8-2-11-12(4-8)3-7-1-9(5-13)14-6-7/h1-2,4-6H,3H2. The molecule has 0 saturated carbocycles. The smallest absolute Gasteiger partial charge is 0.160 e. The molecule has 2 heterocycles. The Morgan fingerprint density at radius 3 is 3.07 bits per heavy atom. The van der Waals surface area contributed by atoms with Crippen molar-refractivity contribution < 1.29 is 4.79 Å². The molecule has 0 aromatic carbocycles. The molecule has 0 radical (unpaired) electrons. The molecular formula is C9H7ClN2OS. The Hall–Kier alpha value is -1.13. The molecule has 0 amide bonds. The summed E-state index contributed by atoms with van der Waals surface area (Å²) in [5.41, 5.74) is 1.07. The molecule has 2 aromatic heterocycles. The number of nitrogens with zero attached hydrogens (tertiary/aromatic N) is 2. The van der Waals surface area contributed by atoms with E-state index in [2.05, 4.69) is 5.10 Å². The summed E-state index contributed by atoms with van der Waals surface area (Å²) < 4.78 is 1.74. The van der Waals surface area contributed by atoms with Crippen LogP contribution in [0.15, 0.2) is 23.8 Å². The van der Waals surface area contributed by atoms with Gasteiger partial charge in [-0.1, -0.05) is 11.6 Å². The zero-order valence-corrected chi connectivity index (χ0v) is 8.76. The number of rotatable bonds is 3. The summed E-state index contributed by atoms with van der Waals surface area (Å²) in [6.45, 7) is 0.650. The Morgan fingerprint density at radius 2 is 2.50 bits per heavy atom. The first kappa shape index (κ1) is 9.43. The minimum atomic E-state index is 0.621. The summed E-state index contributed by atoms with van der Waals surface area (Å²) >= 11 is 7.16. The fourth-order valence-electron chi connectivity index (χ4n) is 1.15. The summed E-state index contributed by atoms with van der Waals surface area (Å²) in [5.74, 6) is 0. The second-order valence-electron chi connectivity index (χ2n) is 2.83. The van der Waals surface area contributed by atoms with E-state index < -0.39 is 0 Å². The van der Waals surface area contributed by atoms with Gasteiger partial charge in [0, 0.05) is 6.20 Å². The van der Waals surface area contributed by atoms with Crippen LogP contribution in [-0.2, 0) is 6.54 Å². The van der Waals surface area contributed by atoms with Gasteiger partial charge in [0.15, 0.2) is 6.29 Å². The molecule has 0 aliphatic heterocycles. The van der Waals surface area contributed by atoms with E-state index in [-0.39, 0.29) is 0 Å². The average Bonchev–Trinajstić information content (AvgIpc) is 2.76. The second-order valence-corrected chi connectivity index (χ2v) is 4.21. The van der Waals surface area contributed by atoms with Gasteiger partial charge in [-0.15, -0.1) is 11.3 Å². The average molecular weight is 227 g/mol. The Balaban J connectivity index is 2.14. The third-order valence-electron chi connectivity index (χ3n) is 1.74. The van der Waals surface area contributed by atoms with Crippen LogP contribution in [0.2, 0.25) is 5.02 Å². The van der Waals surface area contributed by atoms with Crippen molar-refractivity contribution in [1.29, 1.82) is 0 Å². The van der Waals surface area contributed by atoms with E-state index in [1.54, 1.807) is 17.1 Å². The van der Waals surface area contributed by atoms with Crippen molar-refractivity contribution in [3.05, 3.63) is 39.3 Å². The molecular weight excluding hydrogens is 220 g/mol. The fraction of sp³-hybridized carbons (Fsp3) is 0.111. The van der Waals surface area contributed by atoms with Gasteiger partial charge in [-0.2, -0.15) is 5.10 Å². The summed E-state index contributed by atoms with van der Waals surface area (Å²) in [6.07, 6.45) is 4.19. The normalized spacial score (nSPS) is 10.4. The number of thiophene rings is 1. The van der Waals surface area contributed by atoms with Crippen molar-refractivity contribution in [3.8, 4) is 0 Å². The molecule has 0 fully saturated rings. The number of halogens is 1. The quantitative estimate of drug-likeness (QED) is 0.754. The number of carbonyl (C=O) groups is 1. The molecule has 2 rings (SSSR count). The van der Waals surface area contributed by atoms with Crippen molar-refractivity contribution in [3.63, 3.8) is 0 Å². The lowest BCUT2D eigenvalue weighted by molar-refractivity contribution is 0.112. The van der Waals surface area contributed by atoms with Crippen LogP contribution in [0, 0.1) is 0 Å². The van der Waals surface area contributed by atoms with E-state index in [0.29, 0.717) is 11.6 Å². The first-order valence-corrected chi connectivity index (χ1v) is 5.24. The van der Waals surface area contributed by atoms with E-state index in [4.69, 9.17) is 11.6 Å². The fourth-order valence-corrected chi connectivity index (χ4v) is 2.01. The maximum Gasteiger partial charge on any atom is 0.160 e. The van der Waals surface area contributed by atoms with Crippen LogP contribution in [0.25, 0.3) is 0 Å². The highest BCUT2D eigenvalue weighted by molar-refractivity contribution is 7.11. The molecule has 0 spiro atoms. The minimum Gasteiger partial charge on any atom is -0.297 e. The topological polar surface area (TPSA) is 34.9 Å². The van der Waals surface area contributed by atoms with Crippen molar-refractivity contribution in [2.75, 3.05) is 0 Å². The number of carbonyl (C=O) groups excluding carboxylic acids is 1. The molecule has 72 valence electrons. The third kappa shape index (κ3) is 2.02. The molecule has 0 bridgehead atoms.